The molecule has 0 aromatic heterocycles. The molecule has 3 heteroatoms. The maximum Gasteiger partial charge on any atom is 0.0797 e. The Bertz CT molecular complexity index is 175. The third kappa shape index (κ3) is 3.06. The van der Waals surface area contributed by atoms with Gasteiger partial charge in [0, 0.05) is 5.75 Å². The molecule has 0 aromatic rings. The Balaban J connectivity index is 2.23. The van der Waals surface area contributed by atoms with Crippen molar-refractivity contribution in [2.24, 2.45) is 9.98 Å². The molecular formula is C8H14N2S. The number of hydrogen-bond donors (Lipinski definition) is 0. The monoisotopic (exact) mass is 170 g/mol. The van der Waals surface area contributed by atoms with Gasteiger partial charge >= 0.3 is 0 Å². The van der Waals surface area contributed by atoms with Gasteiger partial charge in [-0.15, -0.1) is 11.8 Å². The molecule has 0 radical (unpaired) electrons. The molecule has 0 bridgehead atoms. The first-order valence-corrected chi connectivity index (χ1v) is 4.97. The van der Waals surface area contributed by atoms with Crippen LogP contribution in [0.4, 0.5) is 0 Å². The highest BCUT2D eigenvalue weighted by molar-refractivity contribution is 8.14. The van der Waals surface area contributed by atoms with Gasteiger partial charge in [0.25, 0.3) is 0 Å². The van der Waals surface area contributed by atoms with E-state index in [4.69, 9.17) is 0 Å². The second-order valence-corrected chi connectivity index (χ2v) is 3.78. The van der Waals surface area contributed by atoms with E-state index in [1.54, 1.807) is 0 Å². The van der Waals surface area contributed by atoms with Gasteiger partial charge in [-0.25, -0.2) is 0 Å². The van der Waals surface area contributed by atoms with E-state index in [0.717, 1.165) is 18.7 Å². The molecule has 0 spiro atoms. The van der Waals surface area contributed by atoms with E-state index in [0.29, 0.717) is 6.04 Å². The lowest BCUT2D eigenvalue weighted by atomic mass is 10.3. The molecule has 1 rings (SSSR count). The topological polar surface area (TPSA) is 24.7 Å². The van der Waals surface area contributed by atoms with Crippen LogP contribution < -0.4 is 0 Å². The van der Waals surface area contributed by atoms with E-state index in [1.807, 2.05) is 18.0 Å². The summed E-state index contributed by atoms with van der Waals surface area (Å²) in [5, 5.41) is 1.21. The predicted octanol–water partition coefficient (Wildman–Crippen LogP) is 2.00. The summed E-state index contributed by atoms with van der Waals surface area (Å²) >= 11 is 1.84. The van der Waals surface area contributed by atoms with Crippen LogP contribution in [0, 0.1) is 0 Å². The summed E-state index contributed by atoms with van der Waals surface area (Å²) in [6.07, 6.45) is 3.00. The quantitative estimate of drug-likeness (QED) is 0.595. The van der Waals surface area contributed by atoms with Crippen molar-refractivity contribution in [2.45, 2.75) is 26.3 Å². The SMILES string of the molecule is CC/C=N\CC1CSC(C)=N1. The number of aliphatic imine (C=N–C) groups is 2. The van der Waals surface area contributed by atoms with Gasteiger partial charge in [-0.3, -0.25) is 9.98 Å². The molecule has 1 aliphatic heterocycles. The molecule has 1 atom stereocenters. The Morgan fingerprint density at radius 2 is 2.64 bits per heavy atom. The molecule has 0 N–H and O–H groups in total. The molecule has 0 aliphatic carbocycles. The van der Waals surface area contributed by atoms with Gasteiger partial charge in [0.2, 0.25) is 0 Å². The van der Waals surface area contributed by atoms with E-state index in [2.05, 4.69) is 23.8 Å². The molecule has 0 aromatic carbocycles. The van der Waals surface area contributed by atoms with Crippen LogP contribution >= 0.6 is 11.8 Å². The normalized spacial score (nSPS) is 24.5. The van der Waals surface area contributed by atoms with E-state index < -0.39 is 0 Å². The summed E-state index contributed by atoms with van der Waals surface area (Å²) in [6.45, 7) is 5.04. The molecule has 1 aliphatic rings. The van der Waals surface area contributed by atoms with Gasteiger partial charge in [-0.1, -0.05) is 6.92 Å². The number of thioether (sulfide) groups is 1. The molecule has 0 saturated heterocycles. The van der Waals surface area contributed by atoms with Gasteiger partial charge < -0.3 is 0 Å². The van der Waals surface area contributed by atoms with Crippen molar-refractivity contribution in [1.29, 1.82) is 0 Å². The molecule has 1 heterocycles. The zero-order valence-electron chi connectivity index (χ0n) is 7.08. The second kappa shape index (κ2) is 4.54. The first-order chi connectivity index (χ1) is 5.33. The standard InChI is InChI=1S/C8H14N2S/c1-3-4-9-5-8-6-11-7(2)10-8/h4,8H,3,5-6H2,1-2H3/b9-4-. The maximum absolute atomic E-state index is 4.43. The molecule has 1 unspecified atom stereocenters. The third-order valence-corrected chi connectivity index (χ3v) is 2.55. The summed E-state index contributed by atoms with van der Waals surface area (Å²) in [4.78, 5) is 8.69. The number of rotatable bonds is 3. The molecular weight excluding hydrogens is 156 g/mol. The molecule has 62 valence electrons. The van der Waals surface area contributed by atoms with E-state index in [-0.39, 0.29) is 0 Å². The van der Waals surface area contributed by atoms with Crippen LogP contribution in [0.1, 0.15) is 20.3 Å². The summed E-state index contributed by atoms with van der Waals surface area (Å²) in [5.74, 6) is 1.12. The lowest BCUT2D eigenvalue weighted by Gasteiger charge is -1.98. The van der Waals surface area contributed by atoms with Gasteiger partial charge in [0.15, 0.2) is 0 Å². The van der Waals surface area contributed by atoms with Crippen LogP contribution in [-0.4, -0.2) is 29.6 Å². The minimum Gasteiger partial charge on any atom is -0.295 e. The summed E-state index contributed by atoms with van der Waals surface area (Å²) in [6, 6.07) is 0.447. The van der Waals surface area contributed by atoms with Crippen molar-refractivity contribution in [3.05, 3.63) is 0 Å². The first kappa shape index (κ1) is 8.78. The molecule has 0 saturated carbocycles. The zero-order valence-corrected chi connectivity index (χ0v) is 7.90. The maximum atomic E-state index is 4.43. The smallest absolute Gasteiger partial charge is 0.0797 e. The lowest BCUT2D eigenvalue weighted by Crippen LogP contribution is -2.07. The fraction of sp³-hybridized carbons (Fsp3) is 0.750. The van der Waals surface area contributed by atoms with Crippen molar-refractivity contribution in [3.8, 4) is 0 Å². The van der Waals surface area contributed by atoms with E-state index >= 15 is 0 Å². The first-order valence-electron chi connectivity index (χ1n) is 3.98. The Kier molecular flexibility index (Phi) is 3.63. The number of nitrogens with zero attached hydrogens (tertiary/aromatic N) is 2. The summed E-state index contributed by atoms with van der Waals surface area (Å²) < 4.78 is 0. The Hall–Kier alpha value is -0.310. The van der Waals surface area contributed by atoms with Crippen molar-refractivity contribution in [1.82, 2.24) is 0 Å². The lowest BCUT2D eigenvalue weighted by molar-refractivity contribution is 0.778. The Morgan fingerprint density at radius 3 is 3.18 bits per heavy atom. The highest BCUT2D eigenvalue weighted by Gasteiger charge is 2.13. The summed E-state index contributed by atoms with van der Waals surface area (Å²) in [7, 11) is 0. The van der Waals surface area contributed by atoms with Crippen LogP contribution in [0.2, 0.25) is 0 Å². The van der Waals surface area contributed by atoms with Gasteiger partial charge in [0.05, 0.1) is 17.6 Å². The average molecular weight is 170 g/mol. The fourth-order valence-electron chi connectivity index (χ4n) is 0.967. The fourth-order valence-corrected chi connectivity index (χ4v) is 1.80. The Morgan fingerprint density at radius 1 is 1.82 bits per heavy atom. The highest BCUT2D eigenvalue weighted by Crippen LogP contribution is 2.17. The van der Waals surface area contributed by atoms with Crippen molar-refractivity contribution < 1.29 is 0 Å². The molecule has 11 heavy (non-hydrogen) atoms. The van der Waals surface area contributed by atoms with Crippen LogP contribution in [0.15, 0.2) is 9.98 Å². The minimum absolute atomic E-state index is 0.447. The zero-order chi connectivity index (χ0) is 8.10. The van der Waals surface area contributed by atoms with E-state index in [9.17, 15) is 0 Å². The largest absolute Gasteiger partial charge is 0.295 e. The van der Waals surface area contributed by atoms with E-state index in [1.165, 1.54) is 5.04 Å². The van der Waals surface area contributed by atoms with Crippen molar-refractivity contribution >= 4 is 23.0 Å². The molecule has 0 fully saturated rings. The van der Waals surface area contributed by atoms with Gasteiger partial charge in [0.1, 0.15) is 0 Å². The third-order valence-electron chi connectivity index (χ3n) is 1.48. The van der Waals surface area contributed by atoms with Crippen LogP contribution in [-0.2, 0) is 0 Å². The Labute approximate surface area is 72.2 Å². The predicted molar refractivity (Wildman–Crippen MR) is 53.0 cm³/mol. The van der Waals surface area contributed by atoms with Crippen LogP contribution in [0.25, 0.3) is 0 Å². The highest BCUT2D eigenvalue weighted by atomic mass is 32.2. The molecule has 0 amide bonds. The minimum atomic E-state index is 0.447. The van der Waals surface area contributed by atoms with Crippen LogP contribution in [0.5, 0.6) is 0 Å². The molecule has 2 nitrogen and oxygen atoms in total. The van der Waals surface area contributed by atoms with Crippen molar-refractivity contribution in [3.63, 3.8) is 0 Å². The van der Waals surface area contributed by atoms with Crippen molar-refractivity contribution in [2.75, 3.05) is 12.3 Å². The van der Waals surface area contributed by atoms with Crippen LogP contribution in [0.3, 0.4) is 0 Å². The average Bonchev–Trinajstić information content (AvgIpc) is 2.37. The van der Waals surface area contributed by atoms with Gasteiger partial charge in [-0.2, -0.15) is 0 Å². The number of hydrogen-bond acceptors (Lipinski definition) is 3. The van der Waals surface area contributed by atoms with Gasteiger partial charge in [-0.05, 0) is 19.6 Å². The second-order valence-electron chi connectivity index (χ2n) is 2.57. The summed E-state index contributed by atoms with van der Waals surface area (Å²) in [5.41, 5.74) is 0.